The summed E-state index contributed by atoms with van der Waals surface area (Å²) in [6.45, 7) is 4.40. The van der Waals surface area contributed by atoms with E-state index in [1.54, 1.807) is 0 Å². The van der Waals surface area contributed by atoms with Gasteiger partial charge >= 0.3 is 6.18 Å². The highest BCUT2D eigenvalue weighted by molar-refractivity contribution is 5.83. The number of alkyl halides is 3. The van der Waals surface area contributed by atoms with Gasteiger partial charge in [-0.2, -0.15) is 13.2 Å². The van der Waals surface area contributed by atoms with E-state index in [9.17, 15) is 18.0 Å². The Hall–Kier alpha value is -0.780. The number of carbonyl (C=O) groups excluding carboxylic acids is 1. The molecule has 0 saturated carbocycles. The predicted molar refractivity (Wildman–Crippen MR) is 77.0 cm³/mol. The van der Waals surface area contributed by atoms with Crippen molar-refractivity contribution in [3.8, 4) is 0 Å². The number of hydrogen-bond donors (Lipinski definition) is 1. The first-order valence-corrected chi connectivity index (χ1v) is 7.91. The molecule has 1 amide bonds. The van der Waals surface area contributed by atoms with Crippen LogP contribution >= 0.6 is 0 Å². The van der Waals surface area contributed by atoms with Crippen molar-refractivity contribution in [2.75, 3.05) is 26.2 Å². The number of piperidine rings is 1. The van der Waals surface area contributed by atoms with E-state index in [1.165, 1.54) is 0 Å². The molecular formula is C15H27F3N2O. The molecule has 21 heavy (non-hydrogen) atoms. The van der Waals surface area contributed by atoms with Crippen LogP contribution in [-0.4, -0.2) is 43.2 Å². The average molecular weight is 308 g/mol. The maximum Gasteiger partial charge on any atom is 0.406 e. The van der Waals surface area contributed by atoms with Crippen LogP contribution in [0.2, 0.25) is 0 Å². The van der Waals surface area contributed by atoms with Crippen molar-refractivity contribution in [2.24, 2.45) is 5.41 Å². The quantitative estimate of drug-likeness (QED) is 0.782. The van der Waals surface area contributed by atoms with Gasteiger partial charge in [0.2, 0.25) is 5.91 Å². The minimum atomic E-state index is -4.33. The van der Waals surface area contributed by atoms with E-state index in [4.69, 9.17) is 0 Å². The van der Waals surface area contributed by atoms with Crippen molar-refractivity contribution < 1.29 is 18.0 Å². The number of nitrogens with zero attached hydrogens (tertiary/aromatic N) is 1. The fraction of sp³-hybridized carbons (Fsp3) is 0.933. The number of unbranched alkanes of at least 4 members (excludes halogenated alkanes) is 1. The summed E-state index contributed by atoms with van der Waals surface area (Å²) in [5.41, 5.74) is -0.598. The zero-order valence-electron chi connectivity index (χ0n) is 13.1. The topological polar surface area (TPSA) is 32.3 Å². The molecule has 1 rings (SSSR count). The highest BCUT2D eigenvalue weighted by atomic mass is 19.4. The van der Waals surface area contributed by atoms with E-state index < -0.39 is 18.1 Å². The van der Waals surface area contributed by atoms with Crippen LogP contribution in [0.1, 0.15) is 52.4 Å². The highest BCUT2D eigenvalue weighted by Crippen LogP contribution is 2.37. The van der Waals surface area contributed by atoms with E-state index in [0.29, 0.717) is 38.8 Å². The fourth-order valence-corrected chi connectivity index (χ4v) is 3.11. The molecule has 1 N–H and O–H groups in total. The summed E-state index contributed by atoms with van der Waals surface area (Å²) >= 11 is 0. The van der Waals surface area contributed by atoms with Crippen molar-refractivity contribution in [1.29, 1.82) is 0 Å². The van der Waals surface area contributed by atoms with E-state index >= 15 is 0 Å². The van der Waals surface area contributed by atoms with Crippen LogP contribution in [0.5, 0.6) is 0 Å². The zero-order valence-corrected chi connectivity index (χ0v) is 13.1. The third-order valence-electron chi connectivity index (χ3n) is 4.18. The lowest BCUT2D eigenvalue weighted by Gasteiger charge is -2.40. The van der Waals surface area contributed by atoms with Gasteiger partial charge in [-0.3, -0.25) is 4.79 Å². The first-order valence-electron chi connectivity index (χ1n) is 7.91. The Morgan fingerprint density at radius 2 is 1.81 bits per heavy atom. The van der Waals surface area contributed by atoms with Gasteiger partial charge in [-0.1, -0.05) is 26.7 Å². The van der Waals surface area contributed by atoms with Gasteiger partial charge in [-0.15, -0.1) is 0 Å². The molecule has 1 aliphatic rings. The lowest BCUT2D eigenvalue weighted by atomic mass is 9.74. The maximum absolute atomic E-state index is 12.8. The lowest BCUT2D eigenvalue weighted by molar-refractivity contribution is -0.169. The molecule has 0 aromatic heterocycles. The molecule has 1 aliphatic heterocycles. The van der Waals surface area contributed by atoms with Crippen LogP contribution in [0, 0.1) is 5.41 Å². The predicted octanol–water partition coefficient (Wildman–Crippen LogP) is 3.35. The van der Waals surface area contributed by atoms with Gasteiger partial charge in [0.25, 0.3) is 0 Å². The van der Waals surface area contributed by atoms with Crippen LogP contribution in [-0.2, 0) is 4.79 Å². The highest BCUT2D eigenvalue weighted by Gasteiger charge is 2.43. The standard InChI is InChI=1S/C15H27F3N2O/c1-3-5-11-20(12-15(16,17)18)13(21)14(6-4-2)7-9-19-10-8-14/h19H,3-12H2,1-2H3. The monoisotopic (exact) mass is 308 g/mol. The van der Waals surface area contributed by atoms with Crippen LogP contribution in [0.4, 0.5) is 13.2 Å². The summed E-state index contributed by atoms with van der Waals surface area (Å²) in [4.78, 5) is 13.8. The molecule has 0 spiro atoms. The van der Waals surface area contributed by atoms with Crippen molar-refractivity contribution in [3.63, 3.8) is 0 Å². The van der Waals surface area contributed by atoms with E-state index in [1.807, 2.05) is 13.8 Å². The van der Waals surface area contributed by atoms with Crippen molar-refractivity contribution >= 4 is 5.91 Å². The Labute approximate surface area is 125 Å². The van der Waals surface area contributed by atoms with Gasteiger partial charge in [-0.05, 0) is 38.8 Å². The van der Waals surface area contributed by atoms with Gasteiger partial charge < -0.3 is 10.2 Å². The number of carbonyl (C=O) groups is 1. The molecule has 3 nitrogen and oxygen atoms in total. The Kier molecular flexibility index (Phi) is 6.97. The second-order valence-electron chi connectivity index (χ2n) is 5.98. The molecular weight excluding hydrogens is 281 g/mol. The molecule has 0 aromatic rings. The number of nitrogens with one attached hydrogen (secondary N) is 1. The molecule has 1 saturated heterocycles. The van der Waals surface area contributed by atoms with Crippen molar-refractivity contribution in [1.82, 2.24) is 10.2 Å². The Morgan fingerprint density at radius 1 is 1.19 bits per heavy atom. The molecule has 6 heteroatoms. The van der Waals surface area contributed by atoms with Gasteiger partial charge in [0.15, 0.2) is 0 Å². The van der Waals surface area contributed by atoms with Crippen LogP contribution < -0.4 is 5.32 Å². The molecule has 0 atom stereocenters. The molecule has 1 fully saturated rings. The number of hydrogen-bond acceptors (Lipinski definition) is 2. The van der Waals surface area contributed by atoms with E-state index in [2.05, 4.69) is 5.32 Å². The van der Waals surface area contributed by atoms with Crippen LogP contribution in [0.3, 0.4) is 0 Å². The summed E-state index contributed by atoms with van der Waals surface area (Å²) in [5, 5.41) is 3.19. The average Bonchev–Trinajstić information content (AvgIpc) is 2.43. The number of rotatable bonds is 7. The molecule has 0 aliphatic carbocycles. The van der Waals surface area contributed by atoms with Gasteiger partial charge in [0, 0.05) is 6.54 Å². The van der Waals surface area contributed by atoms with Gasteiger partial charge in [0.1, 0.15) is 6.54 Å². The Balaban J connectivity index is 2.88. The van der Waals surface area contributed by atoms with Crippen molar-refractivity contribution in [3.05, 3.63) is 0 Å². The Bertz CT molecular complexity index is 320. The summed E-state index contributed by atoms with van der Waals surface area (Å²) in [6.07, 6.45) is -0.163. The molecule has 1 heterocycles. The maximum atomic E-state index is 12.8. The molecule has 124 valence electrons. The van der Waals surface area contributed by atoms with Crippen molar-refractivity contribution in [2.45, 2.75) is 58.5 Å². The SMILES string of the molecule is CCCCN(CC(F)(F)F)C(=O)C1(CCC)CCNCC1. The zero-order chi connectivity index (χ0) is 15.9. The van der Waals surface area contributed by atoms with Gasteiger partial charge in [0.05, 0.1) is 5.41 Å². The molecule has 0 bridgehead atoms. The summed E-state index contributed by atoms with van der Waals surface area (Å²) in [6, 6.07) is 0. The number of amides is 1. The largest absolute Gasteiger partial charge is 0.406 e. The van der Waals surface area contributed by atoms with E-state index in [-0.39, 0.29) is 12.5 Å². The van der Waals surface area contributed by atoms with Gasteiger partial charge in [-0.25, -0.2) is 0 Å². The normalized spacial score (nSPS) is 18.5. The number of halogens is 3. The fourth-order valence-electron chi connectivity index (χ4n) is 3.11. The lowest BCUT2D eigenvalue weighted by Crippen LogP contribution is -2.51. The molecule has 0 aromatic carbocycles. The summed E-state index contributed by atoms with van der Waals surface area (Å²) in [7, 11) is 0. The van der Waals surface area contributed by atoms with Crippen LogP contribution in [0.15, 0.2) is 0 Å². The third kappa shape index (κ3) is 5.49. The second kappa shape index (κ2) is 8.01. The summed E-state index contributed by atoms with van der Waals surface area (Å²) < 4.78 is 38.3. The first-order chi connectivity index (χ1) is 9.84. The molecule has 0 radical (unpaired) electrons. The summed E-state index contributed by atoms with van der Waals surface area (Å²) in [5.74, 6) is -0.295. The minimum absolute atomic E-state index is 0.202. The third-order valence-corrected chi connectivity index (χ3v) is 4.18. The smallest absolute Gasteiger partial charge is 0.333 e. The van der Waals surface area contributed by atoms with Crippen LogP contribution in [0.25, 0.3) is 0 Å². The minimum Gasteiger partial charge on any atom is -0.333 e. The second-order valence-corrected chi connectivity index (χ2v) is 5.98. The van der Waals surface area contributed by atoms with E-state index in [0.717, 1.165) is 17.7 Å². The first kappa shape index (κ1) is 18.3. The Morgan fingerprint density at radius 3 is 2.29 bits per heavy atom. The molecule has 0 unspecified atom stereocenters.